The van der Waals surface area contributed by atoms with Crippen LogP contribution in [-0.2, 0) is 9.53 Å². The van der Waals surface area contributed by atoms with E-state index >= 15 is 0 Å². The smallest absolute Gasteiger partial charge is 0.338 e. The molecule has 0 aromatic heterocycles. The highest BCUT2D eigenvalue weighted by Crippen LogP contribution is 2.35. The molecule has 2 rings (SSSR count). The average Bonchev–Trinajstić information content (AvgIpc) is 2.56. The molecule has 2 aliphatic heterocycles. The number of carboxylic acids is 1. The van der Waals surface area contributed by atoms with Crippen molar-refractivity contribution in [1.82, 2.24) is 9.80 Å². The fourth-order valence-corrected chi connectivity index (χ4v) is 4.09. The average molecular weight is 379 g/mol. The molecule has 0 aromatic rings. The molecule has 6 heteroatoms. The molecule has 0 amide bonds. The van der Waals surface area contributed by atoms with Crippen molar-refractivity contribution in [3.05, 3.63) is 22.3 Å². The summed E-state index contributed by atoms with van der Waals surface area (Å²) in [5, 5.41) is 10.6. The van der Waals surface area contributed by atoms with Crippen LogP contribution in [0.2, 0.25) is 0 Å². The van der Waals surface area contributed by atoms with E-state index in [9.17, 15) is 9.90 Å². The highest BCUT2D eigenvalue weighted by Gasteiger charge is 2.34. The zero-order chi connectivity index (χ0) is 19.3. The number of thioether (sulfide) groups is 1. The Bertz CT molecular complexity index is 646. The van der Waals surface area contributed by atoms with E-state index in [2.05, 4.69) is 48.5 Å². The van der Waals surface area contributed by atoms with Gasteiger partial charge in [-0.2, -0.15) is 0 Å². The first kappa shape index (κ1) is 20.9. The van der Waals surface area contributed by atoms with Crippen molar-refractivity contribution >= 4 is 17.7 Å². The Morgan fingerprint density at radius 2 is 2.04 bits per heavy atom. The number of morpholine rings is 1. The van der Waals surface area contributed by atoms with Crippen molar-refractivity contribution in [2.24, 2.45) is 5.41 Å². The molecule has 1 fully saturated rings. The number of nitrogens with zero attached hydrogens (tertiary/aromatic N) is 2. The van der Waals surface area contributed by atoms with Gasteiger partial charge in [-0.15, -0.1) is 11.8 Å². The van der Waals surface area contributed by atoms with Crippen LogP contribution >= 0.6 is 11.8 Å². The van der Waals surface area contributed by atoms with E-state index in [0.29, 0.717) is 25.3 Å². The van der Waals surface area contributed by atoms with Crippen LogP contribution in [0.3, 0.4) is 0 Å². The molecule has 1 N–H and O–H groups in total. The molecule has 2 heterocycles. The SMILES string of the molecule is CCSC1=C(C(=O)O)C(C)=CC(N2CCOCC2)N1CC#CC(C)(C)C. The van der Waals surface area contributed by atoms with Gasteiger partial charge in [0.1, 0.15) is 6.17 Å². The highest BCUT2D eigenvalue weighted by atomic mass is 32.2. The van der Waals surface area contributed by atoms with Gasteiger partial charge in [0.05, 0.1) is 30.4 Å². The molecule has 0 aromatic carbocycles. The quantitative estimate of drug-likeness (QED) is 0.742. The van der Waals surface area contributed by atoms with Gasteiger partial charge in [-0.1, -0.05) is 18.8 Å². The van der Waals surface area contributed by atoms with Crippen LogP contribution in [0.5, 0.6) is 0 Å². The van der Waals surface area contributed by atoms with Crippen molar-refractivity contribution in [3.63, 3.8) is 0 Å². The van der Waals surface area contributed by atoms with Crippen LogP contribution in [0.15, 0.2) is 22.3 Å². The van der Waals surface area contributed by atoms with Gasteiger partial charge in [0, 0.05) is 18.5 Å². The fraction of sp³-hybridized carbons (Fsp3) is 0.650. The number of aliphatic carboxylic acids is 1. The van der Waals surface area contributed by atoms with Gasteiger partial charge < -0.3 is 14.7 Å². The Morgan fingerprint density at radius 1 is 1.38 bits per heavy atom. The van der Waals surface area contributed by atoms with Crippen LogP contribution in [0, 0.1) is 17.3 Å². The van der Waals surface area contributed by atoms with Crippen molar-refractivity contribution in [1.29, 1.82) is 0 Å². The lowest BCUT2D eigenvalue weighted by molar-refractivity contribution is -0.132. The highest BCUT2D eigenvalue weighted by molar-refractivity contribution is 8.03. The van der Waals surface area contributed by atoms with Crippen molar-refractivity contribution < 1.29 is 14.6 Å². The van der Waals surface area contributed by atoms with E-state index in [4.69, 9.17) is 4.74 Å². The summed E-state index contributed by atoms with van der Waals surface area (Å²) in [6.07, 6.45) is 2.08. The van der Waals surface area contributed by atoms with E-state index in [1.54, 1.807) is 11.8 Å². The number of carbonyl (C=O) groups is 1. The third-order valence-electron chi connectivity index (χ3n) is 4.21. The second-order valence-electron chi connectivity index (χ2n) is 7.51. The molecule has 26 heavy (non-hydrogen) atoms. The lowest BCUT2D eigenvalue weighted by atomic mass is 9.98. The Kier molecular flexibility index (Phi) is 7.22. The largest absolute Gasteiger partial charge is 0.478 e. The standard InChI is InChI=1S/C20H30N2O3S/c1-6-26-18-17(19(23)24)15(2)14-16(21-10-12-25-13-11-21)22(18)9-7-8-20(3,4)5/h14,16H,6,9-13H2,1-5H3,(H,23,24). The van der Waals surface area contributed by atoms with Crippen LogP contribution in [-0.4, -0.2) is 65.6 Å². The Balaban J connectivity index is 2.42. The zero-order valence-electron chi connectivity index (χ0n) is 16.5. The van der Waals surface area contributed by atoms with E-state index in [1.165, 1.54) is 0 Å². The van der Waals surface area contributed by atoms with Gasteiger partial charge in [0.2, 0.25) is 0 Å². The third-order valence-corrected chi connectivity index (χ3v) is 5.22. The molecule has 0 spiro atoms. The summed E-state index contributed by atoms with van der Waals surface area (Å²) in [5.74, 6) is 6.50. The predicted molar refractivity (Wildman–Crippen MR) is 107 cm³/mol. The summed E-state index contributed by atoms with van der Waals surface area (Å²) in [4.78, 5) is 16.4. The molecule has 1 unspecified atom stereocenters. The summed E-state index contributed by atoms with van der Waals surface area (Å²) in [7, 11) is 0. The lowest BCUT2D eigenvalue weighted by Gasteiger charge is -2.43. The van der Waals surface area contributed by atoms with E-state index in [0.717, 1.165) is 29.4 Å². The van der Waals surface area contributed by atoms with Crippen LogP contribution in [0.4, 0.5) is 0 Å². The maximum absolute atomic E-state index is 11.9. The minimum Gasteiger partial charge on any atom is -0.478 e. The summed E-state index contributed by atoms with van der Waals surface area (Å²) < 4.78 is 5.49. The van der Waals surface area contributed by atoms with Crippen LogP contribution in [0.1, 0.15) is 34.6 Å². The Hall–Kier alpha value is -1.42. The van der Waals surface area contributed by atoms with Crippen LogP contribution in [0.25, 0.3) is 0 Å². The second-order valence-corrected chi connectivity index (χ2v) is 8.76. The summed E-state index contributed by atoms with van der Waals surface area (Å²) in [5.41, 5.74) is 1.15. The number of carboxylic acid groups (broad SMARTS) is 1. The molecule has 0 saturated carbocycles. The van der Waals surface area contributed by atoms with Crippen molar-refractivity contribution in [3.8, 4) is 11.8 Å². The molecule has 0 bridgehead atoms. The zero-order valence-corrected chi connectivity index (χ0v) is 17.3. The first-order valence-electron chi connectivity index (χ1n) is 9.12. The minimum absolute atomic E-state index is 0.0188. The lowest BCUT2D eigenvalue weighted by Crippen LogP contribution is -2.52. The Morgan fingerprint density at radius 3 is 2.58 bits per heavy atom. The molecular formula is C20H30N2O3S. The van der Waals surface area contributed by atoms with E-state index in [1.807, 2.05) is 13.8 Å². The molecule has 0 aliphatic carbocycles. The molecule has 1 saturated heterocycles. The third kappa shape index (κ3) is 5.29. The first-order chi connectivity index (χ1) is 12.2. The number of ether oxygens (including phenoxy) is 1. The molecule has 0 radical (unpaired) electrons. The summed E-state index contributed by atoms with van der Waals surface area (Å²) >= 11 is 1.58. The number of hydrogen-bond donors (Lipinski definition) is 1. The maximum Gasteiger partial charge on any atom is 0.338 e. The first-order valence-corrected chi connectivity index (χ1v) is 10.1. The molecular weight excluding hydrogens is 348 g/mol. The van der Waals surface area contributed by atoms with Crippen LogP contribution < -0.4 is 0 Å². The molecule has 2 aliphatic rings. The molecule has 144 valence electrons. The predicted octanol–water partition coefficient (Wildman–Crippen LogP) is 3.01. The minimum atomic E-state index is -0.871. The maximum atomic E-state index is 11.9. The van der Waals surface area contributed by atoms with Gasteiger partial charge in [-0.3, -0.25) is 4.90 Å². The second kappa shape index (κ2) is 8.98. The Labute approximate surface area is 161 Å². The van der Waals surface area contributed by atoms with Gasteiger partial charge in [-0.25, -0.2) is 4.79 Å². The van der Waals surface area contributed by atoms with E-state index < -0.39 is 5.97 Å². The summed E-state index contributed by atoms with van der Waals surface area (Å²) in [6.45, 7) is 13.8. The van der Waals surface area contributed by atoms with Gasteiger partial charge >= 0.3 is 5.97 Å². The van der Waals surface area contributed by atoms with E-state index in [-0.39, 0.29) is 11.6 Å². The number of hydrogen-bond acceptors (Lipinski definition) is 5. The van der Waals surface area contributed by atoms with Gasteiger partial charge in [0.15, 0.2) is 0 Å². The van der Waals surface area contributed by atoms with Crippen molar-refractivity contribution in [2.45, 2.75) is 40.8 Å². The van der Waals surface area contributed by atoms with Gasteiger partial charge in [0.25, 0.3) is 0 Å². The molecule has 1 atom stereocenters. The molecule has 5 nitrogen and oxygen atoms in total. The topological polar surface area (TPSA) is 53.0 Å². The normalized spacial score (nSPS) is 22.0. The number of rotatable bonds is 5. The van der Waals surface area contributed by atoms with Gasteiger partial charge in [-0.05, 0) is 45.1 Å². The fourth-order valence-electron chi connectivity index (χ4n) is 3.08. The summed E-state index contributed by atoms with van der Waals surface area (Å²) in [6, 6.07) is 0. The van der Waals surface area contributed by atoms with Crippen molar-refractivity contribution in [2.75, 3.05) is 38.6 Å². The monoisotopic (exact) mass is 378 g/mol.